The summed E-state index contributed by atoms with van der Waals surface area (Å²) in [5.74, 6) is 3.19. The molecule has 8 nitrogen and oxygen atoms in total. The molecule has 2 aliphatic rings. The molecule has 1 saturated carbocycles. The molecule has 27 heavy (non-hydrogen) atoms. The molecule has 0 saturated heterocycles. The standard InChI is InChI=1S/C19H22N6O2/c1-2-4-15(5-3-1)25-19(22-18(23-25)11-24-13-20-12-21-24)14-6-7-16-17(10-14)27-9-8-26-16/h6-7,10,12-13,15H,1-5,8-9,11H2. The summed E-state index contributed by atoms with van der Waals surface area (Å²) >= 11 is 0. The minimum Gasteiger partial charge on any atom is -0.486 e. The van der Waals surface area contributed by atoms with Crippen molar-refractivity contribution < 1.29 is 9.47 Å². The number of rotatable bonds is 4. The molecular weight excluding hydrogens is 344 g/mol. The van der Waals surface area contributed by atoms with E-state index < -0.39 is 0 Å². The zero-order valence-electron chi connectivity index (χ0n) is 15.1. The second kappa shape index (κ2) is 7.02. The maximum atomic E-state index is 5.76. The van der Waals surface area contributed by atoms with Crippen LogP contribution in [0.4, 0.5) is 0 Å². The van der Waals surface area contributed by atoms with Gasteiger partial charge in [0.05, 0.1) is 6.04 Å². The van der Waals surface area contributed by atoms with Crippen molar-refractivity contribution in [3.05, 3.63) is 36.7 Å². The van der Waals surface area contributed by atoms with Crippen LogP contribution in [0, 0.1) is 0 Å². The number of benzene rings is 1. The van der Waals surface area contributed by atoms with Crippen molar-refractivity contribution in [2.75, 3.05) is 13.2 Å². The highest BCUT2D eigenvalue weighted by atomic mass is 16.6. The van der Waals surface area contributed by atoms with Gasteiger partial charge in [-0.25, -0.2) is 19.3 Å². The Bertz CT molecular complexity index is 914. The number of fused-ring (bicyclic) bond motifs is 1. The van der Waals surface area contributed by atoms with Crippen molar-refractivity contribution in [3.8, 4) is 22.9 Å². The van der Waals surface area contributed by atoms with Crippen LogP contribution in [0.5, 0.6) is 11.5 Å². The third-order valence-corrected chi connectivity index (χ3v) is 5.17. The average Bonchev–Trinajstić information content (AvgIpc) is 3.39. The maximum Gasteiger partial charge on any atom is 0.172 e. The van der Waals surface area contributed by atoms with Gasteiger partial charge in [0.25, 0.3) is 0 Å². The first-order valence-electron chi connectivity index (χ1n) is 9.55. The van der Waals surface area contributed by atoms with E-state index in [9.17, 15) is 0 Å². The first kappa shape index (κ1) is 16.3. The summed E-state index contributed by atoms with van der Waals surface area (Å²) in [4.78, 5) is 8.85. The quantitative estimate of drug-likeness (QED) is 0.706. The summed E-state index contributed by atoms with van der Waals surface area (Å²) in [6.45, 7) is 1.67. The first-order valence-corrected chi connectivity index (χ1v) is 9.55. The second-order valence-corrected chi connectivity index (χ2v) is 7.04. The van der Waals surface area contributed by atoms with Crippen molar-refractivity contribution in [1.29, 1.82) is 0 Å². The van der Waals surface area contributed by atoms with Crippen LogP contribution in [0.2, 0.25) is 0 Å². The van der Waals surface area contributed by atoms with Crippen molar-refractivity contribution in [2.24, 2.45) is 0 Å². The van der Waals surface area contributed by atoms with Gasteiger partial charge in [0, 0.05) is 5.56 Å². The van der Waals surface area contributed by atoms with E-state index in [-0.39, 0.29) is 0 Å². The van der Waals surface area contributed by atoms with Crippen LogP contribution >= 0.6 is 0 Å². The molecule has 0 N–H and O–H groups in total. The third kappa shape index (κ3) is 3.27. The summed E-state index contributed by atoms with van der Waals surface area (Å²) in [6, 6.07) is 6.40. The summed E-state index contributed by atoms with van der Waals surface area (Å²) in [7, 11) is 0. The van der Waals surface area contributed by atoms with Crippen molar-refractivity contribution >= 4 is 0 Å². The van der Waals surface area contributed by atoms with Gasteiger partial charge in [0.15, 0.2) is 23.1 Å². The molecule has 1 aromatic carbocycles. The van der Waals surface area contributed by atoms with Crippen molar-refractivity contribution in [2.45, 2.75) is 44.7 Å². The van der Waals surface area contributed by atoms with Gasteiger partial charge >= 0.3 is 0 Å². The monoisotopic (exact) mass is 366 g/mol. The number of nitrogens with zero attached hydrogens (tertiary/aromatic N) is 6. The number of aromatic nitrogens is 6. The number of ether oxygens (including phenoxy) is 2. The van der Waals surface area contributed by atoms with Crippen LogP contribution in [0.1, 0.15) is 44.0 Å². The molecule has 0 radical (unpaired) electrons. The minimum atomic E-state index is 0.388. The Morgan fingerprint density at radius 1 is 1.04 bits per heavy atom. The first-order chi connectivity index (χ1) is 13.4. The van der Waals surface area contributed by atoms with Crippen LogP contribution < -0.4 is 9.47 Å². The zero-order valence-corrected chi connectivity index (χ0v) is 15.1. The number of hydrogen-bond donors (Lipinski definition) is 0. The predicted molar refractivity (Wildman–Crippen MR) is 97.7 cm³/mol. The molecule has 5 rings (SSSR count). The van der Waals surface area contributed by atoms with E-state index in [0.717, 1.165) is 41.6 Å². The fourth-order valence-electron chi connectivity index (χ4n) is 3.85. The van der Waals surface area contributed by atoms with Crippen molar-refractivity contribution in [1.82, 2.24) is 29.5 Å². The topological polar surface area (TPSA) is 79.9 Å². The lowest BCUT2D eigenvalue weighted by Crippen LogP contribution is -2.17. The fraction of sp³-hybridized carbons (Fsp3) is 0.474. The molecule has 140 valence electrons. The lowest BCUT2D eigenvalue weighted by molar-refractivity contribution is 0.171. The second-order valence-electron chi connectivity index (χ2n) is 7.04. The van der Waals surface area contributed by atoms with E-state index in [1.807, 2.05) is 18.2 Å². The molecular formula is C19H22N6O2. The maximum absolute atomic E-state index is 5.76. The van der Waals surface area contributed by atoms with Crippen LogP contribution in [-0.4, -0.2) is 42.7 Å². The van der Waals surface area contributed by atoms with Gasteiger partial charge in [-0.2, -0.15) is 10.2 Å². The molecule has 3 heterocycles. The average molecular weight is 366 g/mol. The highest BCUT2D eigenvalue weighted by Gasteiger charge is 2.23. The van der Waals surface area contributed by atoms with Gasteiger partial charge in [-0.15, -0.1) is 0 Å². The van der Waals surface area contributed by atoms with E-state index in [1.165, 1.54) is 25.6 Å². The molecule has 0 bridgehead atoms. The van der Waals surface area contributed by atoms with Gasteiger partial charge in [0.2, 0.25) is 0 Å². The van der Waals surface area contributed by atoms with Gasteiger partial charge in [-0.1, -0.05) is 19.3 Å². The smallest absolute Gasteiger partial charge is 0.172 e. The van der Waals surface area contributed by atoms with Crippen LogP contribution in [0.15, 0.2) is 30.9 Å². The van der Waals surface area contributed by atoms with E-state index in [4.69, 9.17) is 19.6 Å². The van der Waals surface area contributed by atoms with E-state index in [0.29, 0.717) is 25.8 Å². The normalized spacial score (nSPS) is 17.2. The highest BCUT2D eigenvalue weighted by Crippen LogP contribution is 2.36. The van der Waals surface area contributed by atoms with Gasteiger partial charge in [-0.3, -0.25) is 0 Å². The predicted octanol–water partition coefficient (Wildman–Crippen LogP) is 2.86. The SMILES string of the molecule is c1ncn(Cc2nc(-c3ccc4c(c3)OCCO4)n(C3CCCCC3)n2)n1. The summed E-state index contributed by atoms with van der Waals surface area (Å²) in [6.07, 6.45) is 9.28. The van der Waals surface area contributed by atoms with Gasteiger partial charge in [0.1, 0.15) is 32.4 Å². The zero-order chi connectivity index (χ0) is 18.1. The molecule has 0 spiro atoms. The van der Waals surface area contributed by atoms with Crippen LogP contribution in [-0.2, 0) is 6.54 Å². The van der Waals surface area contributed by atoms with E-state index in [2.05, 4.69) is 14.8 Å². The molecule has 1 aliphatic carbocycles. The summed E-state index contributed by atoms with van der Waals surface area (Å²) in [5.41, 5.74) is 1.00. The Kier molecular flexibility index (Phi) is 4.23. The third-order valence-electron chi connectivity index (χ3n) is 5.17. The van der Waals surface area contributed by atoms with E-state index in [1.54, 1.807) is 11.0 Å². The van der Waals surface area contributed by atoms with E-state index >= 15 is 0 Å². The lowest BCUT2D eigenvalue weighted by atomic mass is 9.95. The Morgan fingerprint density at radius 3 is 2.70 bits per heavy atom. The highest BCUT2D eigenvalue weighted by molar-refractivity contribution is 5.61. The molecule has 2 aromatic heterocycles. The molecule has 3 aromatic rings. The number of hydrogen-bond acceptors (Lipinski definition) is 6. The molecule has 1 aliphatic heterocycles. The lowest BCUT2D eigenvalue weighted by Gasteiger charge is -2.23. The molecule has 0 unspecified atom stereocenters. The summed E-state index contributed by atoms with van der Waals surface area (Å²) in [5, 5.41) is 9.02. The van der Waals surface area contributed by atoms with Crippen LogP contribution in [0.3, 0.4) is 0 Å². The Morgan fingerprint density at radius 2 is 1.89 bits per heavy atom. The Balaban J connectivity index is 1.53. The minimum absolute atomic E-state index is 0.388. The fourth-order valence-corrected chi connectivity index (χ4v) is 3.85. The molecule has 0 atom stereocenters. The molecule has 8 heteroatoms. The summed E-state index contributed by atoms with van der Waals surface area (Å²) < 4.78 is 15.3. The largest absolute Gasteiger partial charge is 0.486 e. The van der Waals surface area contributed by atoms with Crippen molar-refractivity contribution in [3.63, 3.8) is 0 Å². The van der Waals surface area contributed by atoms with Gasteiger partial charge in [-0.05, 0) is 31.0 Å². The van der Waals surface area contributed by atoms with Gasteiger partial charge < -0.3 is 9.47 Å². The Hall–Kier alpha value is -2.90. The molecule has 0 amide bonds. The van der Waals surface area contributed by atoms with Crippen LogP contribution in [0.25, 0.3) is 11.4 Å². The Labute approximate surface area is 157 Å². The molecule has 1 fully saturated rings.